The lowest BCUT2D eigenvalue weighted by Crippen LogP contribution is -2.50. The van der Waals surface area contributed by atoms with Gasteiger partial charge in [-0.05, 0) is 92.8 Å². The Bertz CT molecular complexity index is 896. The van der Waals surface area contributed by atoms with E-state index < -0.39 is 0 Å². The third-order valence-electron chi connectivity index (χ3n) is 9.09. The van der Waals surface area contributed by atoms with E-state index in [0.29, 0.717) is 23.5 Å². The fraction of sp³-hybridized carbons (Fsp3) is 0.680. The minimum absolute atomic E-state index is 0.161. The molecule has 4 heteroatoms. The van der Waals surface area contributed by atoms with Gasteiger partial charge in [0.25, 0.3) is 0 Å². The molecule has 0 amide bonds. The molecule has 4 aliphatic carbocycles. The number of fused-ring (bicyclic) bond motifs is 5. The molecule has 1 aromatic rings. The molecule has 0 saturated heterocycles. The molecule has 0 unspecified atom stereocenters. The van der Waals surface area contributed by atoms with Crippen molar-refractivity contribution < 1.29 is 9.90 Å². The van der Waals surface area contributed by atoms with E-state index in [0.717, 1.165) is 62.8 Å². The van der Waals surface area contributed by atoms with Crippen LogP contribution in [-0.2, 0) is 11.3 Å². The van der Waals surface area contributed by atoms with Crippen LogP contribution in [0.1, 0.15) is 71.4 Å². The van der Waals surface area contributed by atoms with Crippen molar-refractivity contribution in [2.24, 2.45) is 28.6 Å². The quantitative estimate of drug-likeness (QED) is 0.580. The minimum atomic E-state index is -0.208. The lowest BCUT2D eigenvalue weighted by molar-refractivity contribution is -0.130. The van der Waals surface area contributed by atoms with Gasteiger partial charge in [-0.15, -0.1) is 0 Å². The molecule has 0 bridgehead atoms. The fourth-order valence-electron chi connectivity index (χ4n) is 7.35. The number of hydrogen-bond acceptors (Lipinski definition) is 3. The average molecular weight is 395 g/mol. The molecular weight excluding hydrogens is 360 g/mol. The second-order valence-electron chi connectivity index (χ2n) is 10.4. The SMILES string of the molecule is CCn1nccc1/C=C1\C[C@@H]2[C@H]3CC=C4C[C@H](O)CC[C@]4(C)[C@@H]3CC[C@]2(C)C1=O. The molecule has 4 nitrogen and oxygen atoms in total. The highest BCUT2D eigenvalue weighted by Gasteiger charge is 2.59. The Balaban J connectivity index is 1.48. The first-order valence-electron chi connectivity index (χ1n) is 11.5. The third-order valence-corrected chi connectivity index (χ3v) is 9.09. The number of carbonyl (C=O) groups is 1. The molecule has 0 aromatic carbocycles. The predicted molar refractivity (Wildman–Crippen MR) is 114 cm³/mol. The molecule has 0 radical (unpaired) electrons. The summed E-state index contributed by atoms with van der Waals surface area (Å²) in [6, 6.07) is 2.01. The van der Waals surface area contributed by atoms with Gasteiger partial charge in [0, 0.05) is 18.2 Å². The highest BCUT2D eigenvalue weighted by molar-refractivity contribution is 6.05. The second-order valence-corrected chi connectivity index (χ2v) is 10.4. The van der Waals surface area contributed by atoms with Gasteiger partial charge in [-0.2, -0.15) is 5.10 Å². The Hall–Kier alpha value is -1.68. The van der Waals surface area contributed by atoms with Gasteiger partial charge in [-0.25, -0.2) is 0 Å². The maximum atomic E-state index is 13.5. The molecule has 1 aromatic heterocycles. The van der Waals surface area contributed by atoms with Crippen LogP contribution < -0.4 is 0 Å². The molecule has 1 heterocycles. The predicted octanol–water partition coefficient (Wildman–Crippen LogP) is 4.79. The zero-order valence-corrected chi connectivity index (χ0v) is 18.0. The van der Waals surface area contributed by atoms with Gasteiger partial charge >= 0.3 is 0 Å². The summed E-state index contributed by atoms with van der Waals surface area (Å²) in [5, 5.41) is 14.6. The van der Waals surface area contributed by atoms with E-state index in [9.17, 15) is 9.90 Å². The number of ketones is 1. The number of aliphatic hydroxyl groups excluding tert-OH is 1. The van der Waals surface area contributed by atoms with Crippen molar-refractivity contribution in [1.29, 1.82) is 0 Å². The van der Waals surface area contributed by atoms with E-state index in [2.05, 4.69) is 38.0 Å². The van der Waals surface area contributed by atoms with E-state index in [1.54, 1.807) is 0 Å². The molecule has 3 fully saturated rings. The lowest BCUT2D eigenvalue weighted by Gasteiger charge is -2.56. The Morgan fingerprint density at radius 2 is 2.00 bits per heavy atom. The third kappa shape index (κ3) is 2.74. The number of aryl methyl sites for hydroxylation is 1. The summed E-state index contributed by atoms with van der Waals surface area (Å²) in [5.74, 6) is 2.06. The van der Waals surface area contributed by atoms with Gasteiger partial charge in [0.1, 0.15) is 0 Å². The molecular formula is C25H34N2O2. The summed E-state index contributed by atoms with van der Waals surface area (Å²) in [4.78, 5) is 13.5. The van der Waals surface area contributed by atoms with Gasteiger partial charge in [-0.1, -0.05) is 25.5 Å². The van der Waals surface area contributed by atoms with Crippen molar-refractivity contribution in [1.82, 2.24) is 9.78 Å². The number of aliphatic hydroxyl groups is 1. The van der Waals surface area contributed by atoms with Crippen LogP contribution in [0.4, 0.5) is 0 Å². The first-order chi connectivity index (χ1) is 13.9. The smallest absolute Gasteiger partial charge is 0.165 e. The van der Waals surface area contributed by atoms with Gasteiger partial charge < -0.3 is 5.11 Å². The number of carbonyl (C=O) groups excluding carboxylic acids is 1. The van der Waals surface area contributed by atoms with Crippen LogP contribution in [0.15, 0.2) is 29.5 Å². The normalized spacial score (nSPS) is 43.0. The van der Waals surface area contributed by atoms with Crippen LogP contribution in [0.2, 0.25) is 0 Å². The Morgan fingerprint density at radius 3 is 2.79 bits per heavy atom. The van der Waals surface area contributed by atoms with Crippen LogP contribution >= 0.6 is 0 Å². The lowest BCUT2D eigenvalue weighted by atomic mass is 9.48. The number of allylic oxidation sites excluding steroid dienone is 2. The number of aromatic nitrogens is 2. The summed E-state index contributed by atoms with van der Waals surface area (Å²) in [6.07, 6.45) is 13.2. The highest BCUT2D eigenvalue weighted by Crippen LogP contribution is 2.64. The molecule has 0 aliphatic heterocycles. The van der Waals surface area contributed by atoms with Crippen LogP contribution in [0, 0.1) is 28.6 Å². The Kier molecular flexibility index (Phi) is 4.43. The van der Waals surface area contributed by atoms with E-state index in [-0.39, 0.29) is 16.9 Å². The van der Waals surface area contributed by atoms with E-state index >= 15 is 0 Å². The van der Waals surface area contributed by atoms with Crippen LogP contribution in [0.25, 0.3) is 6.08 Å². The number of hydrogen-bond donors (Lipinski definition) is 1. The van der Waals surface area contributed by atoms with Crippen LogP contribution in [0.5, 0.6) is 0 Å². The van der Waals surface area contributed by atoms with E-state index in [1.807, 2.05) is 16.9 Å². The molecule has 1 N–H and O–H groups in total. The molecule has 3 saturated carbocycles. The molecule has 5 rings (SSSR count). The summed E-state index contributed by atoms with van der Waals surface area (Å²) in [6.45, 7) is 7.59. The largest absolute Gasteiger partial charge is 0.393 e. The summed E-state index contributed by atoms with van der Waals surface area (Å²) in [7, 11) is 0. The number of nitrogens with zero attached hydrogens (tertiary/aromatic N) is 2. The molecule has 29 heavy (non-hydrogen) atoms. The van der Waals surface area contributed by atoms with E-state index in [4.69, 9.17) is 0 Å². The van der Waals surface area contributed by atoms with Crippen molar-refractivity contribution >= 4 is 11.9 Å². The fourth-order valence-corrected chi connectivity index (χ4v) is 7.35. The Morgan fingerprint density at radius 1 is 1.21 bits per heavy atom. The molecule has 156 valence electrons. The van der Waals surface area contributed by atoms with Gasteiger partial charge in [0.15, 0.2) is 5.78 Å². The summed E-state index contributed by atoms with van der Waals surface area (Å²) >= 11 is 0. The van der Waals surface area contributed by atoms with Crippen LogP contribution in [0.3, 0.4) is 0 Å². The Labute approximate surface area is 174 Å². The maximum Gasteiger partial charge on any atom is 0.165 e. The first-order valence-corrected chi connectivity index (χ1v) is 11.5. The van der Waals surface area contributed by atoms with Crippen molar-refractivity contribution in [3.8, 4) is 0 Å². The molecule has 4 aliphatic rings. The summed E-state index contributed by atoms with van der Waals surface area (Å²) < 4.78 is 1.97. The monoisotopic (exact) mass is 394 g/mol. The standard InChI is InChI=1S/C25H34N2O2/c1-4-27-18(9-12-26-27)13-16-14-22-20-6-5-17-15-19(28)7-10-24(17,2)21(20)8-11-25(22,3)23(16)29/h5,9,12-13,19-22,28H,4,6-8,10-11,14-15H2,1-3H3/b16-13+/t19-,20+,21-,22-,24+,25+/m1/s1. The molecule has 0 spiro atoms. The average Bonchev–Trinajstić information content (AvgIpc) is 3.25. The van der Waals surface area contributed by atoms with Crippen LogP contribution in [-0.4, -0.2) is 26.8 Å². The van der Waals surface area contributed by atoms with E-state index in [1.165, 1.54) is 5.57 Å². The first kappa shape index (κ1) is 19.3. The topological polar surface area (TPSA) is 55.1 Å². The zero-order chi connectivity index (χ0) is 20.4. The van der Waals surface area contributed by atoms with Crippen molar-refractivity contribution in [2.75, 3.05) is 0 Å². The van der Waals surface area contributed by atoms with Crippen molar-refractivity contribution in [2.45, 2.75) is 78.4 Å². The highest BCUT2D eigenvalue weighted by atomic mass is 16.3. The van der Waals surface area contributed by atoms with Crippen molar-refractivity contribution in [3.63, 3.8) is 0 Å². The second kappa shape index (κ2) is 6.66. The minimum Gasteiger partial charge on any atom is -0.393 e. The van der Waals surface area contributed by atoms with Crippen molar-refractivity contribution in [3.05, 3.63) is 35.2 Å². The zero-order valence-electron chi connectivity index (χ0n) is 18.0. The van der Waals surface area contributed by atoms with Gasteiger partial charge in [-0.3, -0.25) is 9.48 Å². The maximum absolute atomic E-state index is 13.5. The molecule has 6 atom stereocenters. The number of rotatable bonds is 2. The van der Waals surface area contributed by atoms with Gasteiger partial charge in [0.05, 0.1) is 11.8 Å². The summed E-state index contributed by atoms with van der Waals surface area (Å²) in [5.41, 5.74) is 3.56. The van der Waals surface area contributed by atoms with Gasteiger partial charge in [0.2, 0.25) is 0 Å². The number of Topliss-reactive ketones (excluding diaryl/α,β-unsaturated/α-hetero) is 1.